The van der Waals surface area contributed by atoms with Gasteiger partial charge in [0.2, 0.25) is 0 Å². The first kappa shape index (κ1) is 14.3. The number of halogens is 1. The van der Waals surface area contributed by atoms with Crippen LogP contribution in [-0.4, -0.2) is 0 Å². The van der Waals surface area contributed by atoms with Crippen LogP contribution in [0.4, 0.5) is 0 Å². The Labute approximate surface area is 124 Å². The van der Waals surface area contributed by atoms with Crippen molar-refractivity contribution in [3.8, 4) is 11.1 Å². The summed E-state index contributed by atoms with van der Waals surface area (Å²) in [6, 6.07) is 16.9. The summed E-state index contributed by atoms with van der Waals surface area (Å²) in [5, 5.41) is 0. The largest absolute Gasteiger partial charge is 0.324 e. The minimum Gasteiger partial charge on any atom is -0.324 e. The standard InChI is InChI=1S/C17H20BrN/c1-12(2)10-17(19)15-11-14(8-9-16(15)18)13-6-4-3-5-7-13/h3-9,11-12,17H,10,19H2,1-2H3. The van der Waals surface area contributed by atoms with Crippen molar-refractivity contribution >= 4 is 15.9 Å². The summed E-state index contributed by atoms with van der Waals surface area (Å²) in [6.07, 6.45) is 0.997. The van der Waals surface area contributed by atoms with E-state index in [9.17, 15) is 0 Å². The van der Waals surface area contributed by atoms with E-state index in [1.165, 1.54) is 16.7 Å². The molecule has 0 radical (unpaired) electrons. The first-order valence-corrected chi connectivity index (χ1v) is 7.47. The molecule has 0 amide bonds. The SMILES string of the molecule is CC(C)CC(N)c1cc(-c2ccccc2)ccc1Br. The number of hydrogen-bond acceptors (Lipinski definition) is 1. The Kier molecular flexibility index (Phi) is 4.78. The highest BCUT2D eigenvalue weighted by atomic mass is 79.9. The second-order valence-corrected chi connectivity index (χ2v) is 6.19. The van der Waals surface area contributed by atoms with Gasteiger partial charge in [0.05, 0.1) is 0 Å². The lowest BCUT2D eigenvalue weighted by Crippen LogP contribution is -2.13. The monoisotopic (exact) mass is 317 g/mol. The van der Waals surface area contributed by atoms with Crippen LogP contribution in [0, 0.1) is 5.92 Å². The molecule has 0 aliphatic carbocycles. The van der Waals surface area contributed by atoms with Gasteiger partial charge in [-0.25, -0.2) is 0 Å². The topological polar surface area (TPSA) is 26.0 Å². The summed E-state index contributed by atoms with van der Waals surface area (Å²) >= 11 is 3.61. The predicted octanol–water partition coefficient (Wildman–Crippen LogP) is 5.16. The van der Waals surface area contributed by atoms with Crippen LogP contribution in [0.2, 0.25) is 0 Å². The molecule has 0 saturated carbocycles. The lowest BCUT2D eigenvalue weighted by atomic mass is 9.95. The highest BCUT2D eigenvalue weighted by Gasteiger charge is 2.12. The molecule has 2 rings (SSSR count). The van der Waals surface area contributed by atoms with Gasteiger partial charge < -0.3 is 5.73 Å². The van der Waals surface area contributed by atoms with Crippen molar-refractivity contribution in [1.29, 1.82) is 0 Å². The second-order valence-electron chi connectivity index (χ2n) is 5.34. The van der Waals surface area contributed by atoms with Gasteiger partial charge in [0, 0.05) is 10.5 Å². The zero-order chi connectivity index (χ0) is 13.8. The minimum atomic E-state index is 0.0815. The Bertz CT molecular complexity index is 534. The van der Waals surface area contributed by atoms with Gasteiger partial charge in [-0.3, -0.25) is 0 Å². The van der Waals surface area contributed by atoms with E-state index in [1.807, 2.05) is 6.07 Å². The summed E-state index contributed by atoms with van der Waals surface area (Å²) in [6.45, 7) is 4.41. The third-order valence-corrected chi connectivity index (χ3v) is 3.95. The quantitative estimate of drug-likeness (QED) is 0.827. The Balaban J connectivity index is 2.35. The van der Waals surface area contributed by atoms with Gasteiger partial charge in [0.1, 0.15) is 0 Å². The molecule has 0 aliphatic rings. The number of rotatable bonds is 4. The van der Waals surface area contributed by atoms with Crippen molar-refractivity contribution in [1.82, 2.24) is 0 Å². The molecule has 0 spiro atoms. The fraction of sp³-hybridized carbons (Fsp3) is 0.294. The zero-order valence-corrected chi connectivity index (χ0v) is 13.0. The van der Waals surface area contributed by atoms with Crippen LogP contribution < -0.4 is 5.73 Å². The first-order chi connectivity index (χ1) is 9.08. The van der Waals surface area contributed by atoms with Crippen molar-refractivity contribution in [2.45, 2.75) is 26.3 Å². The second kappa shape index (κ2) is 6.36. The number of hydrogen-bond donors (Lipinski definition) is 1. The molecule has 0 aliphatic heterocycles. The van der Waals surface area contributed by atoms with Crippen LogP contribution in [0.25, 0.3) is 11.1 Å². The third kappa shape index (κ3) is 3.68. The molecule has 0 fully saturated rings. The molecule has 0 aromatic heterocycles. The summed E-state index contributed by atoms with van der Waals surface area (Å²) in [7, 11) is 0. The van der Waals surface area contributed by atoms with Crippen molar-refractivity contribution in [2.24, 2.45) is 11.7 Å². The van der Waals surface area contributed by atoms with E-state index in [4.69, 9.17) is 5.73 Å². The van der Waals surface area contributed by atoms with E-state index in [-0.39, 0.29) is 6.04 Å². The summed E-state index contributed by atoms with van der Waals surface area (Å²) < 4.78 is 1.10. The van der Waals surface area contributed by atoms with Crippen molar-refractivity contribution < 1.29 is 0 Å². The molecule has 100 valence electrons. The van der Waals surface area contributed by atoms with Crippen LogP contribution in [0.5, 0.6) is 0 Å². The molecule has 0 bridgehead atoms. The van der Waals surface area contributed by atoms with Gasteiger partial charge in [-0.1, -0.05) is 66.2 Å². The molecule has 2 aromatic rings. The maximum absolute atomic E-state index is 6.31. The van der Waals surface area contributed by atoms with Crippen LogP contribution >= 0.6 is 15.9 Å². The molecule has 2 aromatic carbocycles. The lowest BCUT2D eigenvalue weighted by Gasteiger charge is -2.17. The van der Waals surface area contributed by atoms with Gasteiger partial charge in [-0.15, -0.1) is 0 Å². The number of benzene rings is 2. The molecular weight excluding hydrogens is 298 g/mol. The zero-order valence-electron chi connectivity index (χ0n) is 11.4. The van der Waals surface area contributed by atoms with Crippen LogP contribution in [0.15, 0.2) is 53.0 Å². The fourth-order valence-corrected chi connectivity index (χ4v) is 2.81. The van der Waals surface area contributed by atoms with Gasteiger partial charge in [0.25, 0.3) is 0 Å². The smallest absolute Gasteiger partial charge is 0.0308 e. The van der Waals surface area contributed by atoms with Crippen LogP contribution in [0.3, 0.4) is 0 Å². The Hall–Kier alpha value is -1.12. The predicted molar refractivity (Wildman–Crippen MR) is 86.0 cm³/mol. The molecule has 0 heterocycles. The van der Waals surface area contributed by atoms with E-state index in [0.717, 1.165) is 10.9 Å². The molecule has 2 heteroatoms. The normalized spacial score (nSPS) is 12.7. The summed E-state index contributed by atoms with van der Waals surface area (Å²) in [5.74, 6) is 0.599. The molecule has 19 heavy (non-hydrogen) atoms. The maximum atomic E-state index is 6.31. The van der Waals surface area contributed by atoms with Gasteiger partial charge in [-0.2, -0.15) is 0 Å². The molecule has 1 nitrogen and oxygen atoms in total. The fourth-order valence-electron chi connectivity index (χ4n) is 2.27. The molecule has 2 N–H and O–H groups in total. The van der Waals surface area contributed by atoms with Crippen molar-refractivity contribution in [3.63, 3.8) is 0 Å². The Morgan fingerprint density at radius 3 is 2.32 bits per heavy atom. The maximum Gasteiger partial charge on any atom is 0.0308 e. The summed E-state index contributed by atoms with van der Waals surface area (Å²) in [5.41, 5.74) is 9.95. The van der Waals surface area contributed by atoms with Gasteiger partial charge in [0.15, 0.2) is 0 Å². The van der Waals surface area contributed by atoms with E-state index >= 15 is 0 Å². The average Bonchev–Trinajstić information content (AvgIpc) is 2.39. The van der Waals surface area contributed by atoms with Crippen LogP contribution in [0.1, 0.15) is 31.9 Å². The summed E-state index contributed by atoms with van der Waals surface area (Å²) in [4.78, 5) is 0. The van der Waals surface area contributed by atoms with Crippen LogP contribution in [-0.2, 0) is 0 Å². The lowest BCUT2D eigenvalue weighted by molar-refractivity contribution is 0.509. The molecule has 1 atom stereocenters. The average molecular weight is 318 g/mol. The van der Waals surface area contributed by atoms with Gasteiger partial charge in [-0.05, 0) is 41.2 Å². The third-order valence-electron chi connectivity index (χ3n) is 3.23. The van der Waals surface area contributed by atoms with E-state index in [0.29, 0.717) is 5.92 Å². The highest BCUT2D eigenvalue weighted by Crippen LogP contribution is 2.30. The van der Waals surface area contributed by atoms with E-state index < -0.39 is 0 Å². The molecular formula is C17H20BrN. The molecule has 0 saturated heterocycles. The van der Waals surface area contributed by atoms with E-state index in [1.54, 1.807) is 0 Å². The van der Waals surface area contributed by atoms with Crippen molar-refractivity contribution in [2.75, 3.05) is 0 Å². The number of nitrogens with two attached hydrogens (primary N) is 1. The minimum absolute atomic E-state index is 0.0815. The Morgan fingerprint density at radius 2 is 1.68 bits per heavy atom. The Morgan fingerprint density at radius 1 is 1.00 bits per heavy atom. The highest BCUT2D eigenvalue weighted by molar-refractivity contribution is 9.10. The van der Waals surface area contributed by atoms with Gasteiger partial charge >= 0.3 is 0 Å². The first-order valence-electron chi connectivity index (χ1n) is 6.68. The van der Waals surface area contributed by atoms with Crippen molar-refractivity contribution in [3.05, 3.63) is 58.6 Å². The van der Waals surface area contributed by atoms with E-state index in [2.05, 4.69) is 72.2 Å². The molecule has 1 unspecified atom stereocenters.